The zero-order valence-electron chi connectivity index (χ0n) is 22.7. The fourth-order valence-corrected chi connectivity index (χ4v) is 5.55. The summed E-state index contributed by atoms with van der Waals surface area (Å²) in [6, 6.07) is 20.2. The molecular formula is C28H29N13O. The highest BCUT2D eigenvalue weighted by atomic mass is 16.2. The van der Waals surface area contributed by atoms with Crippen LogP contribution in [0.2, 0.25) is 0 Å². The Hall–Kier alpha value is -5.33. The molecule has 2 N–H and O–H groups in total. The number of piperazine rings is 1. The summed E-state index contributed by atoms with van der Waals surface area (Å²) >= 11 is 0. The van der Waals surface area contributed by atoms with Gasteiger partial charge in [-0.2, -0.15) is 0 Å². The SMILES string of the molecule is [N-]=[N+]=NCC(=O)N1CCN([C@@H](c2ccccc2)[C@@H](c2ccccc2)n2cc(Cn3cnc(=N)c4[nH]cnc43)nn2)CC1. The minimum atomic E-state index is -0.218. The number of hydrogen-bond donors (Lipinski definition) is 2. The molecule has 0 bridgehead atoms. The van der Waals surface area contributed by atoms with Gasteiger partial charge in [-0.05, 0) is 16.7 Å². The third-order valence-corrected chi connectivity index (χ3v) is 7.54. The molecule has 14 nitrogen and oxygen atoms in total. The Morgan fingerprint density at radius 1 is 1.00 bits per heavy atom. The van der Waals surface area contributed by atoms with Gasteiger partial charge in [0, 0.05) is 31.1 Å². The van der Waals surface area contributed by atoms with Crippen molar-refractivity contribution in [1.29, 1.82) is 5.41 Å². The lowest BCUT2D eigenvalue weighted by Gasteiger charge is -2.42. The van der Waals surface area contributed by atoms with Crippen LogP contribution < -0.4 is 5.49 Å². The lowest BCUT2D eigenvalue weighted by Crippen LogP contribution is -2.51. The second-order valence-electron chi connectivity index (χ2n) is 10.0. The van der Waals surface area contributed by atoms with Gasteiger partial charge in [-0.25, -0.2) is 14.6 Å². The van der Waals surface area contributed by atoms with Crippen LogP contribution in [-0.4, -0.2) is 82.9 Å². The van der Waals surface area contributed by atoms with E-state index in [1.807, 2.05) is 51.8 Å². The molecule has 0 aliphatic carbocycles. The number of carbonyl (C=O) groups is 1. The van der Waals surface area contributed by atoms with Gasteiger partial charge in [0.1, 0.15) is 17.8 Å². The normalized spacial score (nSPS) is 15.3. The van der Waals surface area contributed by atoms with Gasteiger partial charge in [0.05, 0.1) is 37.5 Å². The first kappa shape index (κ1) is 26.9. The van der Waals surface area contributed by atoms with Gasteiger partial charge in [-0.3, -0.25) is 15.1 Å². The number of imidazole rings is 1. The van der Waals surface area contributed by atoms with E-state index in [0.29, 0.717) is 43.9 Å². The summed E-state index contributed by atoms with van der Waals surface area (Å²) in [5, 5.41) is 20.6. The van der Waals surface area contributed by atoms with Crippen molar-refractivity contribution in [3.63, 3.8) is 0 Å². The van der Waals surface area contributed by atoms with Crippen molar-refractivity contribution >= 4 is 17.1 Å². The van der Waals surface area contributed by atoms with E-state index >= 15 is 0 Å². The Kier molecular flexibility index (Phi) is 7.70. The van der Waals surface area contributed by atoms with Crippen LogP contribution in [0, 0.1) is 5.41 Å². The van der Waals surface area contributed by atoms with Crippen molar-refractivity contribution in [2.45, 2.75) is 18.6 Å². The third kappa shape index (κ3) is 5.48. The van der Waals surface area contributed by atoms with Gasteiger partial charge in [0.15, 0.2) is 11.1 Å². The van der Waals surface area contributed by atoms with E-state index in [-0.39, 0.29) is 30.0 Å². The molecule has 2 atom stereocenters. The molecule has 6 rings (SSSR count). The van der Waals surface area contributed by atoms with Gasteiger partial charge in [-0.1, -0.05) is 71.0 Å². The minimum absolute atomic E-state index is 0.104. The largest absolute Gasteiger partial charge is 0.340 e. The van der Waals surface area contributed by atoms with Gasteiger partial charge < -0.3 is 14.5 Å². The topological polar surface area (TPSA) is 173 Å². The molecule has 14 heteroatoms. The molecule has 2 aromatic carbocycles. The number of aromatic amines is 1. The maximum absolute atomic E-state index is 12.5. The number of nitrogens with zero attached hydrogens (tertiary/aromatic N) is 11. The minimum Gasteiger partial charge on any atom is -0.340 e. The van der Waals surface area contributed by atoms with Gasteiger partial charge in [0.2, 0.25) is 5.91 Å². The van der Waals surface area contributed by atoms with Crippen LogP contribution >= 0.6 is 0 Å². The van der Waals surface area contributed by atoms with E-state index in [2.05, 4.69) is 64.5 Å². The Bertz CT molecular complexity index is 1760. The van der Waals surface area contributed by atoms with E-state index in [1.165, 1.54) is 0 Å². The number of H-pyrrole nitrogens is 1. The summed E-state index contributed by atoms with van der Waals surface area (Å²) < 4.78 is 3.76. The van der Waals surface area contributed by atoms with Crippen molar-refractivity contribution in [2.75, 3.05) is 32.7 Å². The number of benzene rings is 2. The summed E-state index contributed by atoms with van der Waals surface area (Å²) in [4.78, 5) is 30.9. The maximum atomic E-state index is 12.5. The second kappa shape index (κ2) is 12.0. The number of nitrogens with one attached hydrogen (secondary N) is 2. The van der Waals surface area contributed by atoms with Crippen LogP contribution in [0.15, 0.2) is 84.6 Å². The van der Waals surface area contributed by atoms with E-state index in [0.717, 1.165) is 16.8 Å². The summed E-state index contributed by atoms with van der Waals surface area (Å²) in [5.74, 6) is -0.166. The van der Waals surface area contributed by atoms with Crippen molar-refractivity contribution in [1.82, 2.24) is 44.3 Å². The molecule has 1 saturated heterocycles. The number of rotatable bonds is 9. The number of fused-ring (bicyclic) bond motifs is 1. The fourth-order valence-electron chi connectivity index (χ4n) is 5.55. The summed E-state index contributed by atoms with van der Waals surface area (Å²) in [6.07, 6.45) is 5.10. The maximum Gasteiger partial charge on any atom is 0.228 e. The quantitative estimate of drug-likeness (QED) is 0.158. The van der Waals surface area contributed by atoms with Crippen molar-refractivity contribution in [3.05, 3.63) is 112 Å². The van der Waals surface area contributed by atoms with E-state index < -0.39 is 0 Å². The standard InChI is InChI=1S/C28H29N13O/c29-27-24-28(32-18-31-24)40(19-33-27)16-22-17-41(37-35-22)26(21-9-5-2-6-10-21)25(20-7-3-1-4-8-20)39-13-11-38(12-14-39)23(42)15-34-36-30/h1-10,17-19,25-26,29H,11-16H2,(H,31,32)/t25-,26+/m0/s1. The molecule has 5 aromatic rings. The van der Waals surface area contributed by atoms with Crippen molar-refractivity contribution in [3.8, 4) is 0 Å². The first-order chi connectivity index (χ1) is 20.6. The Labute approximate surface area is 240 Å². The van der Waals surface area contributed by atoms with Crippen LogP contribution in [0.4, 0.5) is 0 Å². The first-order valence-electron chi connectivity index (χ1n) is 13.6. The van der Waals surface area contributed by atoms with Crippen LogP contribution in [0.25, 0.3) is 21.6 Å². The second-order valence-corrected chi connectivity index (χ2v) is 10.0. The molecule has 42 heavy (non-hydrogen) atoms. The van der Waals surface area contributed by atoms with E-state index in [9.17, 15) is 4.79 Å². The highest BCUT2D eigenvalue weighted by molar-refractivity contribution is 5.78. The third-order valence-electron chi connectivity index (χ3n) is 7.54. The summed E-state index contributed by atoms with van der Waals surface area (Å²) in [5.41, 5.74) is 12.9. The molecule has 1 aliphatic heterocycles. The predicted octanol–water partition coefficient (Wildman–Crippen LogP) is 2.66. The van der Waals surface area contributed by atoms with Gasteiger partial charge >= 0.3 is 0 Å². The van der Waals surface area contributed by atoms with Crippen LogP contribution in [0.3, 0.4) is 0 Å². The molecule has 1 fully saturated rings. The molecule has 212 valence electrons. The van der Waals surface area contributed by atoms with Crippen molar-refractivity contribution in [2.24, 2.45) is 5.11 Å². The number of amides is 1. The van der Waals surface area contributed by atoms with Gasteiger partial charge in [-0.15, -0.1) is 5.10 Å². The Morgan fingerprint density at radius 3 is 2.38 bits per heavy atom. The highest BCUT2D eigenvalue weighted by Crippen LogP contribution is 2.37. The molecule has 1 amide bonds. The first-order valence-corrected chi connectivity index (χ1v) is 13.6. The number of aromatic nitrogens is 7. The molecule has 0 radical (unpaired) electrons. The number of carbonyl (C=O) groups excluding carboxylic acids is 1. The smallest absolute Gasteiger partial charge is 0.228 e. The van der Waals surface area contributed by atoms with Crippen LogP contribution in [-0.2, 0) is 11.3 Å². The predicted molar refractivity (Wildman–Crippen MR) is 153 cm³/mol. The van der Waals surface area contributed by atoms with Crippen LogP contribution in [0.5, 0.6) is 0 Å². The molecular weight excluding hydrogens is 534 g/mol. The highest BCUT2D eigenvalue weighted by Gasteiger charge is 2.35. The molecule has 1 aliphatic rings. The zero-order valence-corrected chi connectivity index (χ0v) is 22.7. The molecule has 3 aromatic heterocycles. The molecule has 0 unspecified atom stereocenters. The van der Waals surface area contributed by atoms with Crippen LogP contribution in [0.1, 0.15) is 28.9 Å². The zero-order chi connectivity index (χ0) is 28.9. The lowest BCUT2D eigenvalue weighted by molar-refractivity contribution is -0.131. The average molecular weight is 564 g/mol. The molecule has 0 saturated carbocycles. The molecule has 0 spiro atoms. The lowest BCUT2D eigenvalue weighted by atomic mass is 9.91. The van der Waals surface area contributed by atoms with Crippen molar-refractivity contribution < 1.29 is 4.79 Å². The number of azide groups is 1. The number of hydrogen-bond acceptors (Lipinski definition) is 8. The van der Waals surface area contributed by atoms with E-state index in [1.54, 1.807) is 17.6 Å². The summed E-state index contributed by atoms with van der Waals surface area (Å²) in [6.45, 7) is 2.56. The Balaban J connectivity index is 1.34. The monoisotopic (exact) mass is 563 g/mol. The van der Waals surface area contributed by atoms with E-state index in [4.69, 9.17) is 10.9 Å². The average Bonchev–Trinajstić information content (AvgIpc) is 3.72. The Morgan fingerprint density at radius 2 is 1.69 bits per heavy atom. The summed E-state index contributed by atoms with van der Waals surface area (Å²) in [7, 11) is 0. The van der Waals surface area contributed by atoms with Gasteiger partial charge in [0.25, 0.3) is 0 Å². The fraction of sp³-hybridized carbons (Fsp3) is 0.286. The molecule has 4 heterocycles.